The van der Waals surface area contributed by atoms with Gasteiger partial charge in [0, 0.05) is 44.1 Å². The number of aryl methyl sites for hydroxylation is 1. The number of imidazole rings is 1. The molecule has 0 saturated carbocycles. The predicted octanol–water partition coefficient (Wildman–Crippen LogP) is 4.19. The number of hydrogen-bond acceptors (Lipinski definition) is 7. The SMILES string of the molecule is Cn1ccnc1SC1=CC(O)(CCCCOc2ccccc2)/C(=C\c2ccc(CC(CO)CO)cc2)C1=O. The minimum Gasteiger partial charge on any atom is -0.494 e. The Morgan fingerprint density at radius 1 is 1.08 bits per heavy atom. The molecule has 38 heavy (non-hydrogen) atoms. The number of thioether (sulfide) groups is 1. The quantitative estimate of drug-likeness (QED) is 0.223. The van der Waals surface area contributed by atoms with Gasteiger partial charge in [-0.15, -0.1) is 0 Å². The van der Waals surface area contributed by atoms with Crippen LogP contribution in [0.25, 0.3) is 6.08 Å². The molecule has 0 amide bonds. The second-order valence-electron chi connectivity index (χ2n) is 9.54. The zero-order valence-electron chi connectivity index (χ0n) is 21.5. The number of allylic oxidation sites excluding steroid dienone is 1. The van der Waals surface area contributed by atoms with Crippen molar-refractivity contribution in [1.82, 2.24) is 9.55 Å². The molecule has 1 unspecified atom stereocenters. The average Bonchev–Trinajstić information content (AvgIpc) is 3.44. The highest BCUT2D eigenvalue weighted by molar-refractivity contribution is 8.03. The summed E-state index contributed by atoms with van der Waals surface area (Å²) in [6.07, 6.45) is 9.28. The maximum atomic E-state index is 13.5. The van der Waals surface area contributed by atoms with E-state index < -0.39 is 5.60 Å². The van der Waals surface area contributed by atoms with Crippen LogP contribution >= 0.6 is 11.8 Å². The van der Waals surface area contributed by atoms with Gasteiger partial charge in [-0.3, -0.25) is 4.79 Å². The van der Waals surface area contributed by atoms with Crippen molar-refractivity contribution in [3.63, 3.8) is 0 Å². The van der Waals surface area contributed by atoms with Gasteiger partial charge < -0.3 is 24.6 Å². The van der Waals surface area contributed by atoms with E-state index in [4.69, 9.17) is 4.74 Å². The molecule has 1 aliphatic rings. The van der Waals surface area contributed by atoms with Gasteiger partial charge in [-0.05, 0) is 72.9 Å². The Morgan fingerprint density at radius 2 is 1.82 bits per heavy atom. The smallest absolute Gasteiger partial charge is 0.198 e. The third-order valence-electron chi connectivity index (χ3n) is 6.58. The van der Waals surface area contributed by atoms with Crippen LogP contribution in [0.1, 0.15) is 30.4 Å². The molecule has 3 N–H and O–H groups in total. The first-order valence-electron chi connectivity index (χ1n) is 12.8. The van der Waals surface area contributed by atoms with E-state index in [0.717, 1.165) is 23.3 Å². The van der Waals surface area contributed by atoms with E-state index in [9.17, 15) is 20.1 Å². The minimum absolute atomic E-state index is 0.0810. The lowest BCUT2D eigenvalue weighted by Crippen LogP contribution is -2.28. The van der Waals surface area contributed by atoms with Gasteiger partial charge >= 0.3 is 0 Å². The lowest BCUT2D eigenvalue weighted by molar-refractivity contribution is -0.112. The van der Waals surface area contributed by atoms with Gasteiger partial charge in [-0.1, -0.05) is 42.5 Å². The summed E-state index contributed by atoms with van der Waals surface area (Å²) in [6.45, 7) is 0.362. The van der Waals surface area contributed by atoms with Crippen LogP contribution in [0, 0.1) is 5.92 Å². The maximum Gasteiger partial charge on any atom is 0.198 e. The highest BCUT2D eigenvalue weighted by Gasteiger charge is 2.42. The molecule has 3 aromatic rings. The zero-order chi connectivity index (χ0) is 27.0. The van der Waals surface area contributed by atoms with E-state index in [0.29, 0.717) is 41.5 Å². The molecule has 0 fully saturated rings. The van der Waals surface area contributed by atoms with Crippen LogP contribution in [-0.4, -0.2) is 56.1 Å². The van der Waals surface area contributed by atoms with Crippen molar-refractivity contribution in [3.8, 4) is 5.75 Å². The van der Waals surface area contributed by atoms with Crippen LogP contribution in [0.2, 0.25) is 0 Å². The van der Waals surface area contributed by atoms with Crippen LogP contribution < -0.4 is 4.74 Å². The fourth-order valence-corrected chi connectivity index (χ4v) is 5.32. The fraction of sp³-hybridized carbons (Fsp3) is 0.333. The number of rotatable bonds is 13. The van der Waals surface area contributed by atoms with E-state index >= 15 is 0 Å². The minimum atomic E-state index is -1.39. The summed E-state index contributed by atoms with van der Waals surface area (Å²) < 4.78 is 7.62. The van der Waals surface area contributed by atoms with Crippen molar-refractivity contribution in [1.29, 1.82) is 0 Å². The Hall–Kier alpha value is -3.17. The van der Waals surface area contributed by atoms with Gasteiger partial charge in [-0.25, -0.2) is 4.98 Å². The summed E-state index contributed by atoms with van der Waals surface area (Å²) >= 11 is 1.25. The molecule has 7 nitrogen and oxygen atoms in total. The number of nitrogens with zero attached hydrogens (tertiary/aromatic N) is 2. The van der Waals surface area contributed by atoms with E-state index in [2.05, 4.69) is 4.98 Å². The predicted molar refractivity (Wildman–Crippen MR) is 149 cm³/mol. The summed E-state index contributed by atoms with van der Waals surface area (Å²) in [5.74, 6) is 0.399. The molecular weight excluding hydrogens is 500 g/mol. The first-order valence-corrected chi connectivity index (χ1v) is 13.6. The second-order valence-corrected chi connectivity index (χ2v) is 10.5. The molecule has 8 heteroatoms. The van der Waals surface area contributed by atoms with Gasteiger partial charge in [0.05, 0.1) is 11.5 Å². The van der Waals surface area contributed by atoms with Gasteiger partial charge in [0.15, 0.2) is 10.9 Å². The summed E-state index contributed by atoms with van der Waals surface area (Å²) in [5, 5.41) is 31.1. The standard InChI is InChI=1S/C30H34N2O5S/c1-32-15-14-31-29(32)38-27-19-30(36,13-5-6-16-37-25-7-3-2-4-8-25)26(28(27)35)18-23-11-9-22(10-12-23)17-24(20-33)21-34/h2-4,7-12,14-15,18-19,24,33-34,36H,5-6,13,16-17,20-21H2,1H3/b26-18-. The molecule has 200 valence electrons. The first-order chi connectivity index (χ1) is 18.4. The number of carbonyl (C=O) groups excluding carboxylic acids is 1. The van der Waals surface area contributed by atoms with E-state index in [1.54, 1.807) is 18.3 Å². The number of aliphatic hydroxyl groups is 3. The van der Waals surface area contributed by atoms with E-state index in [1.165, 1.54) is 11.8 Å². The molecule has 0 spiro atoms. The molecule has 0 aliphatic heterocycles. The maximum absolute atomic E-state index is 13.5. The lowest BCUT2D eigenvalue weighted by Gasteiger charge is -2.22. The molecule has 1 atom stereocenters. The lowest BCUT2D eigenvalue weighted by atomic mass is 9.89. The Balaban J connectivity index is 1.49. The van der Waals surface area contributed by atoms with Crippen molar-refractivity contribution in [2.75, 3.05) is 19.8 Å². The number of aliphatic hydroxyl groups excluding tert-OH is 2. The Bertz CT molecular complexity index is 1270. The molecule has 1 aromatic heterocycles. The first kappa shape index (κ1) is 27.9. The summed E-state index contributed by atoms with van der Waals surface area (Å²) in [4.78, 5) is 18.3. The van der Waals surface area contributed by atoms with Crippen LogP contribution in [0.5, 0.6) is 5.75 Å². The topological polar surface area (TPSA) is 105 Å². The second kappa shape index (κ2) is 13.1. The Kier molecular flexibility index (Phi) is 9.58. The van der Waals surface area contributed by atoms with Crippen molar-refractivity contribution in [2.45, 2.75) is 36.4 Å². The number of benzene rings is 2. The number of hydrogen-bond donors (Lipinski definition) is 3. The van der Waals surface area contributed by atoms with Gasteiger partial charge in [0.1, 0.15) is 11.4 Å². The molecule has 0 radical (unpaired) electrons. The van der Waals surface area contributed by atoms with E-state index in [1.807, 2.05) is 72.4 Å². The Labute approximate surface area is 227 Å². The molecule has 2 aromatic carbocycles. The number of para-hydroxylation sites is 1. The number of Topliss-reactive ketones (excluding diaryl/α,β-unsaturated/α-hetero) is 1. The van der Waals surface area contributed by atoms with Crippen molar-refractivity contribution >= 4 is 23.6 Å². The molecule has 1 aliphatic carbocycles. The highest BCUT2D eigenvalue weighted by atomic mass is 32.2. The molecular formula is C30H34N2O5S. The third kappa shape index (κ3) is 7.02. The monoisotopic (exact) mass is 534 g/mol. The molecule has 0 bridgehead atoms. The van der Waals surface area contributed by atoms with Crippen LogP contribution in [0.3, 0.4) is 0 Å². The van der Waals surface area contributed by atoms with Gasteiger partial charge in [-0.2, -0.15) is 0 Å². The summed E-state index contributed by atoms with van der Waals surface area (Å²) in [5.41, 5.74) is 0.726. The summed E-state index contributed by atoms with van der Waals surface area (Å²) in [6, 6.07) is 17.2. The molecule has 1 heterocycles. The van der Waals surface area contributed by atoms with Crippen molar-refractivity contribution in [2.24, 2.45) is 13.0 Å². The number of ketones is 1. The summed E-state index contributed by atoms with van der Waals surface area (Å²) in [7, 11) is 1.87. The number of aromatic nitrogens is 2. The van der Waals surface area contributed by atoms with Crippen LogP contribution in [0.15, 0.2) is 88.7 Å². The fourth-order valence-electron chi connectivity index (χ4n) is 4.35. The van der Waals surface area contributed by atoms with Crippen molar-refractivity contribution in [3.05, 3.63) is 94.7 Å². The van der Waals surface area contributed by atoms with Crippen LogP contribution in [-0.2, 0) is 18.3 Å². The Morgan fingerprint density at radius 3 is 2.47 bits per heavy atom. The van der Waals surface area contributed by atoms with Crippen LogP contribution in [0.4, 0.5) is 0 Å². The highest BCUT2D eigenvalue weighted by Crippen LogP contribution is 2.42. The molecule has 0 saturated heterocycles. The average molecular weight is 535 g/mol. The number of unbranched alkanes of at least 4 members (excludes halogenated alkanes) is 1. The number of carbonyl (C=O) groups is 1. The number of ether oxygens (including phenoxy) is 1. The van der Waals surface area contributed by atoms with Gasteiger partial charge in [0.25, 0.3) is 0 Å². The normalized spacial score (nSPS) is 18.4. The zero-order valence-corrected chi connectivity index (χ0v) is 22.3. The van der Waals surface area contributed by atoms with Crippen molar-refractivity contribution < 1.29 is 24.9 Å². The third-order valence-corrected chi connectivity index (χ3v) is 7.68. The largest absolute Gasteiger partial charge is 0.494 e. The molecule has 4 rings (SSSR count). The van der Waals surface area contributed by atoms with Gasteiger partial charge in [0.2, 0.25) is 0 Å². The van der Waals surface area contributed by atoms with E-state index in [-0.39, 0.29) is 24.9 Å².